The van der Waals surface area contributed by atoms with Crippen molar-refractivity contribution in [3.63, 3.8) is 0 Å². The fourth-order valence-corrected chi connectivity index (χ4v) is 4.03. The summed E-state index contributed by atoms with van der Waals surface area (Å²) in [4.78, 5) is 14.7. The smallest absolute Gasteiger partial charge is 0.343 e. The van der Waals surface area contributed by atoms with Gasteiger partial charge in [0.2, 0.25) is 6.79 Å². The van der Waals surface area contributed by atoms with Crippen LogP contribution in [0.3, 0.4) is 0 Å². The van der Waals surface area contributed by atoms with Crippen LogP contribution in [0.25, 0.3) is 24.0 Å². The molecule has 0 amide bonds. The van der Waals surface area contributed by atoms with E-state index in [9.17, 15) is 4.79 Å². The molecule has 3 aliphatic rings. The molecule has 0 aliphatic carbocycles. The molecular weight excluding hydrogens is 378 g/mol. The SMILES string of the molecule is O=C(Oc1cccc2c1=CN1CC=c3cc4c(cc3=C1C=2)OCO4)c1ccccc1. The van der Waals surface area contributed by atoms with Crippen molar-refractivity contribution < 1.29 is 19.0 Å². The highest BCUT2D eigenvalue weighted by atomic mass is 16.7. The Morgan fingerprint density at radius 2 is 1.77 bits per heavy atom. The number of carbonyl (C=O) groups is 1. The number of benzene rings is 3. The summed E-state index contributed by atoms with van der Waals surface area (Å²) in [7, 11) is 0. The van der Waals surface area contributed by atoms with Crippen molar-refractivity contribution in [3.05, 3.63) is 87.1 Å². The topological polar surface area (TPSA) is 48.0 Å². The van der Waals surface area contributed by atoms with Crippen LogP contribution < -0.4 is 35.1 Å². The molecular formula is C25H17NO4. The first-order chi connectivity index (χ1) is 14.8. The van der Waals surface area contributed by atoms with Crippen molar-refractivity contribution in [2.45, 2.75) is 0 Å². The number of hydrogen-bond donors (Lipinski definition) is 0. The van der Waals surface area contributed by atoms with Gasteiger partial charge in [-0.1, -0.05) is 36.4 Å². The van der Waals surface area contributed by atoms with E-state index >= 15 is 0 Å². The molecule has 0 bridgehead atoms. The van der Waals surface area contributed by atoms with Gasteiger partial charge in [0.05, 0.1) is 5.56 Å². The van der Waals surface area contributed by atoms with Crippen LogP contribution in [0.2, 0.25) is 0 Å². The molecule has 0 spiro atoms. The van der Waals surface area contributed by atoms with Gasteiger partial charge in [0.1, 0.15) is 5.75 Å². The highest BCUT2D eigenvalue weighted by molar-refractivity contribution is 5.91. The normalized spacial score (nSPS) is 15.1. The molecule has 0 fully saturated rings. The van der Waals surface area contributed by atoms with E-state index in [-0.39, 0.29) is 12.8 Å². The molecule has 5 nitrogen and oxygen atoms in total. The molecule has 0 aromatic heterocycles. The molecule has 0 atom stereocenters. The molecule has 0 saturated heterocycles. The standard InChI is InChI=1S/C25H17NO4/c27-25(16-5-2-1-3-6-16)30-22-8-4-7-17-11-21-19-13-24-23(28-15-29-24)12-18(19)9-10-26(21)14-20(17)22/h1-9,11-14H,10,15H2. The predicted molar refractivity (Wildman–Crippen MR) is 112 cm³/mol. The third-order valence-electron chi connectivity index (χ3n) is 5.53. The lowest BCUT2D eigenvalue weighted by molar-refractivity contribution is 0.0733. The summed E-state index contributed by atoms with van der Waals surface area (Å²) >= 11 is 0. The largest absolute Gasteiger partial charge is 0.454 e. The van der Waals surface area contributed by atoms with Gasteiger partial charge in [-0.05, 0) is 46.8 Å². The second-order valence-electron chi connectivity index (χ2n) is 7.32. The maximum Gasteiger partial charge on any atom is 0.343 e. The van der Waals surface area contributed by atoms with Gasteiger partial charge in [-0.25, -0.2) is 4.79 Å². The van der Waals surface area contributed by atoms with Gasteiger partial charge in [-0.3, -0.25) is 0 Å². The summed E-state index contributed by atoms with van der Waals surface area (Å²) in [5.41, 5.74) is 1.61. The summed E-state index contributed by atoms with van der Waals surface area (Å²) in [6.07, 6.45) is 6.33. The lowest BCUT2D eigenvalue weighted by Crippen LogP contribution is -2.43. The highest BCUT2D eigenvalue weighted by Crippen LogP contribution is 2.29. The first-order valence-electron chi connectivity index (χ1n) is 9.77. The minimum absolute atomic E-state index is 0.256. The van der Waals surface area contributed by atoms with E-state index in [1.807, 2.05) is 54.7 Å². The maximum atomic E-state index is 12.6. The lowest BCUT2D eigenvalue weighted by atomic mass is 10.0. The fraction of sp³-hybridized carbons (Fsp3) is 0.0800. The molecule has 3 aromatic rings. The maximum absolute atomic E-state index is 12.6. The summed E-state index contributed by atoms with van der Waals surface area (Å²) in [5.74, 6) is 1.74. The molecule has 0 radical (unpaired) electrons. The van der Waals surface area contributed by atoms with Crippen LogP contribution in [0.1, 0.15) is 10.4 Å². The summed E-state index contributed by atoms with van der Waals surface area (Å²) in [6, 6.07) is 18.8. The van der Waals surface area contributed by atoms with Crippen LogP contribution in [-0.4, -0.2) is 24.2 Å². The number of rotatable bonds is 2. The predicted octanol–water partition coefficient (Wildman–Crippen LogP) is 1.07. The van der Waals surface area contributed by atoms with E-state index in [1.165, 1.54) is 0 Å². The van der Waals surface area contributed by atoms with Gasteiger partial charge in [-0.15, -0.1) is 0 Å². The number of fused-ring (bicyclic) bond motifs is 4. The van der Waals surface area contributed by atoms with Gasteiger partial charge in [-0.2, -0.15) is 0 Å². The zero-order chi connectivity index (χ0) is 20.1. The van der Waals surface area contributed by atoms with Gasteiger partial charge in [0, 0.05) is 28.9 Å². The molecule has 0 unspecified atom stereocenters. The Labute approximate surface area is 172 Å². The number of nitrogens with zero attached hydrogens (tertiary/aromatic N) is 1. The summed E-state index contributed by atoms with van der Waals surface area (Å²) in [5, 5.41) is 4.12. The number of carbonyl (C=O) groups excluding carboxylic acids is 1. The van der Waals surface area contributed by atoms with Crippen molar-refractivity contribution in [3.8, 4) is 17.2 Å². The Morgan fingerprint density at radius 3 is 2.63 bits per heavy atom. The van der Waals surface area contributed by atoms with Gasteiger partial charge >= 0.3 is 5.97 Å². The van der Waals surface area contributed by atoms with E-state index in [2.05, 4.69) is 17.1 Å². The summed E-state index contributed by atoms with van der Waals surface area (Å²) in [6.45, 7) is 0.977. The Balaban J connectivity index is 1.48. The Hall–Kier alpha value is -3.99. The zero-order valence-electron chi connectivity index (χ0n) is 16.0. The van der Waals surface area contributed by atoms with Crippen molar-refractivity contribution in [2.24, 2.45) is 0 Å². The van der Waals surface area contributed by atoms with Crippen LogP contribution in [0, 0.1) is 0 Å². The first-order valence-corrected chi connectivity index (χ1v) is 9.77. The van der Waals surface area contributed by atoms with E-state index < -0.39 is 0 Å². The molecule has 3 heterocycles. The van der Waals surface area contributed by atoms with Crippen molar-refractivity contribution in [1.29, 1.82) is 0 Å². The van der Waals surface area contributed by atoms with Crippen molar-refractivity contribution in [2.75, 3.05) is 13.3 Å². The number of hydrogen-bond acceptors (Lipinski definition) is 5. The fourth-order valence-electron chi connectivity index (χ4n) is 4.03. The molecule has 3 aliphatic heterocycles. The van der Waals surface area contributed by atoms with Crippen LogP contribution in [0.4, 0.5) is 0 Å². The minimum Gasteiger partial charge on any atom is -0.454 e. The van der Waals surface area contributed by atoms with E-state index in [4.69, 9.17) is 14.2 Å². The molecule has 30 heavy (non-hydrogen) atoms. The molecule has 6 rings (SSSR count). The first kappa shape index (κ1) is 16.9. The van der Waals surface area contributed by atoms with E-state index in [0.717, 1.165) is 44.6 Å². The van der Waals surface area contributed by atoms with Crippen LogP contribution >= 0.6 is 0 Å². The van der Waals surface area contributed by atoms with Crippen LogP contribution in [0.5, 0.6) is 17.2 Å². The second-order valence-corrected chi connectivity index (χ2v) is 7.32. The zero-order valence-corrected chi connectivity index (χ0v) is 16.0. The van der Waals surface area contributed by atoms with Crippen LogP contribution in [0.15, 0.2) is 60.7 Å². The van der Waals surface area contributed by atoms with Crippen molar-refractivity contribution in [1.82, 2.24) is 4.90 Å². The van der Waals surface area contributed by atoms with Gasteiger partial charge < -0.3 is 19.1 Å². The minimum atomic E-state index is -0.365. The third kappa shape index (κ3) is 2.67. The molecule has 0 saturated carbocycles. The quantitative estimate of drug-likeness (QED) is 0.480. The second kappa shape index (κ2) is 6.52. The van der Waals surface area contributed by atoms with Gasteiger partial charge in [0.15, 0.2) is 11.5 Å². The lowest BCUT2D eigenvalue weighted by Gasteiger charge is -2.26. The van der Waals surface area contributed by atoms with Crippen molar-refractivity contribution >= 4 is 30.0 Å². The average molecular weight is 395 g/mol. The van der Waals surface area contributed by atoms with E-state index in [0.29, 0.717) is 11.3 Å². The van der Waals surface area contributed by atoms with Crippen LogP contribution in [-0.2, 0) is 0 Å². The Morgan fingerprint density at radius 1 is 0.933 bits per heavy atom. The van der Waals surface area contributed by atoms with E-state index in [1.54, 1.807) is 12.1 Å². The highest BCUT2D eigenvalue weighted by Gasteiger charge is 2.20. The molecule has 5 heteroatoms. The third-order valence-corrected chi connectivity index (χ3v) is 5.53. The Bertz CT molecular complexity index is 1440. The molecule has 3 aromatic carbocycles. The summed E-state index contributed by atoms with van der Waals surface area (Å²) < 4.78 is 16.8. The molecule has 0 N–H and O–H groups in total. The monoisotopic (exact) mass is 395 g/mol. The molecule has 146 valence electrons. The number of esters is 1. The Kier molecular flexibility index (Phi) is 3.68. The average Bonchev–Trinajstić information content (AvgIpc) is 3.25. The number of ether oxygens (including phenoxy) is 3. The van der Waals surface area contributed by atoms with Gasteiger partial charge in [0.25, 0.3) is 0 Å².